The number of allylic oxidation sites excluding steroid dienone is 1. The van der Waals surface area contributed by atoms with Crippen LogP contribution in [0.25, 0.3) is 0 Å². The third-order valence-electron chi connectivity index (χ3n) is 17.6. The Labute approximate surface area is 369 Å². The first-order chi connectivity index (χ1) is 29.9. The Balaban J connectivity index is 0.930. The van der Waals surface area contributed by atoms with Gasteiger partial charge in [0.15, 0.2) is 30.8 Å². The number of fused-ring (bicyclic) bond motifs is 7. The van der Waals surface area contributed by atoms with Gasteiger partial charge in [0.05, 0.1) is 38.1 Å². The van der Waals surface area contributed by atoms with Crippen molar-refractivity contribution in [3.63, 3.8) is 0 Å². The fourth-order valence-corrected chi connectivity index (χ4v) is 14.1. The third-order valence-corrected chi connectivity index (χ3v) is 17.6. The second-order valence-corrected chi connectivity index (χ2v) is 21.2. The second-order valence-electron chi connectivity index (χ2n) is 21.2. The molecule has 5 heterocycles. The molecule has 5 aliphatic heterocycles. The van der Waals surface area contributed by atoms with Gasteiger partial charge in [0.2, 0.25) is 0 Å². The van der Waals surface area contributed by atoms with E-state index in [2.05, 4.69) is 33.8 Å². The van der Waals surface area contributed by atoms with E-state index in [1.54, 1.807) is 0 Å². The van der Waals surface area contributed by atoms with Crippen LogP contribution in [-0.2, 0) is 47.4 Å². The molecular weight excluding hydrogens is 824 g/mol. The number of esters is 1. The molecule has 4 aliphatic carbocycles. The summed E-state index contributed by atoms with van der Waals surface area (Å²) in [7, 11) is 0. The maximum absolute atomic E-state index is 12.2. The van der Waals surface area contributed by atoms with Crippen molar-refractivity contribution < 1.29 is 83.2 Å². The van der Waals surface area contributed by atoms with Crippen LogP contribution in [0.5, 0.6) is 0 Å². The zero-order valence-corrected chi connectivity index (χ0v) is 37.5. The van der Waals surface area contributed by atoms with Gasteiger partial charge in [-0.1, -0.05) is 39.3 Å². The van der Waals surface area contributed by atoms with Gasteiger partial charge in [-0.25, -0.2) is 0 Å². The van der Waals surface area contributed by atoms with Crippen molar-refractivity contribution in [1.82, 2.24) is 0 Å². The largest absolute Gasteiger partial charge is 0.454 e. The topological polar surface area (TPSA) is 242 Å². The number of hydrogen-bond donors (Lipinski definition) is 7. The van der Waals surface area contributed by atoms with Gasteiger partial charge in [0, 0.05) is 19.3 Å². The summed E-state index contributed by atoms with van der Waals surface area (Å²) in [5.74, 6) is 1.79. The molecule has 1 spiro atoms. The summed E-state index contributed by atoms with van der Waals surface area (Å²) in [4.78, 5) is 12.2. The van der Waals surface area contributed by atoms with Gasteiger partial charge in [-0.15, -0.1) is 0 Å². The molecule has 3 saturated carbocycles. The van der Waals surface area contributed by atoms with E-state index in [0.717, 1.165) is 58.5 Å². The lowest BCUT2D eigenvalue weighted by Crippen LogP contribution is -2.66. The minimum atomic E-state index is -1.71. The molecule has 0 unspecified atom stereocenters. The molecule has 17 nitrogen and oxygen atoms in total. The molecule has 358 valence electrons. The number of ether oxygens (including phenoxy) is 9. The Morgan fingerprint density at radius 2 is 1.54 bits per heavy atom. The lowest BCUT2D eigenvalue weighted by molar-refractivity contribution is -0.386. The number of hydrogen-bond acceptors (Lipinski definition) is 17. The first-order valence-electron chi connectivity index (χ1n) is 23.7. The molecule has 7 N–H and O–H groups in total. The smallest absolute Gasteiger partial charge is 0.303 e. The van der Waals surface area contributed by atoms with Gasteiger partial charge in [-0.05, 0) is 98.7 Å². The molecule has 9 aliphatic rings. The molecule has 0 aromatic carbocycles. The maximum atomic E-state index is 12.2. The Kier molecular flexibility index (Phi) is 13.1. The van der Waals surface area contributed by atoms with Gasteiger partial charge in [0.1, 0.15) is 54.9 Å². The van der Waals surface area contributed by atoms with E-state index in [9.17, 15) is 40.5 Å². The summed E-state index contributed by atoms with van der Waals surface area (Å²) in [6.45, 7) is 12.0. The lowest BCUT2D eigenvalue weighted by Gasteiger charge is -2.58. The van der Waals surface area contributed by atoms with E-state index >= 15 is 0 Å². The molecule has 17 heteroatoms. The predicted molar refractivity (Wildman–Crippen MR) is 218 cm³/mol. The average Bonchev–Trinajstić information content (AvgIpc) is 3.70. The van der Waals surface area contributed by atoms with Crippen LogP contribution in [0.4, 0.5) is 0 Å². The fraction of sp³-hybridized carbons (Fsp3) is 0.935. The summed E-state index contributed by atoms with van der Waals surface area (Å²) < 4.78 is 55.7. The first kappa shape index (κ1) is 46.7. The predicted octanol–water partition coefficient (Wildman–Crippen LogP) is 1.42. The quantitative estimate of drug-likeness (QED) is 0.135. The molecule has 0 amide bonds. The van der Waals surface area contributed by atoms with Crippen LogP contribution >= 0.6 is 0 Å². The summed E-state index contributed by atoms with van der Waals surface area (Å²) in [5, 5.41) is 75.3. The number of carbonyl (C=O) groups is 1. The zero-order valence-electron chi connectivity index (χ0n) is 37.5. The highest BCUT2D eigenvalue weighted by Crippen LogP contribution is 2.70. The van der Waals surface area contributed by atoms with E-state index in [-0.39, 0.29) is 29.6 Å². The summed E-state index contributed by atoms with van der Waals surface area (Å²) in [6.07, 6.45) is -9.54. The van der Waals surface area contributed by atoms with Crippen LogP contribution in [0.15, 0.2) is 11.6 Å². The van der Waals surface area contributed by atoms with Gasteiger partial charge in [-0.2, -0.15) is 0 Å². The molecule has 25 atom stereocenters. The monoisotopic (exact) mass is 896 g/mol. The Morgan fingerprint density at radius 3 is 2.25 bits per heavy atom. The van der Waals surface area contributed by atoms with Crippen molar-refractivity contribution in [3.05, 3.63) is 11.6 Å². The number of aliphatic hydroxyl groups is 7. The minimum absolute atomic E-state index is 0.0349. The molecule has 63 heavy (non-hydrogen) atoms. The van der Waals surface area contributed by atoms with Crippen molar-refractivity contribution in [3.8, 4) is 0 Å². The van der Waals surface area contributed by atoms with Crippen LogP contribution in [0.2, 0.25) is 0 Å². The first-order valence-corrected chi connectivity index (χ1v) is 23.7. The Hall–Kier alpha value is -1.39. The second kappa shape index (κ2) is 17.6. The minimum Gasteiger partial charge on any atom is -0.454 e. The van der Waals surface area contributed by atoms with E-state index in [0.29, 0.717) is 48.3 Å². The van der Waals surface area contributed by atoms with Crippen molar-refractivity contribution in [2.45, 2.75) is 203 Å². The van der Waals surface area contributed by atoms with E-state index in [1.165, 1.54) is 12.5 Å². The number of rotatable bonds is 8. The fourth-order valence-electron chi connectivity index (χ4n) is 14.1. The van der Waals surface area contributed by atoms with Gasteiger partial charge >= 0.3 is 5.97 Å². The molecular formula is C46H72O17. The Morgan fingerprint density at radius 1 is 0.794 bits per heavy atom. The Bertz CT molecular complexity index is 1670. The van der Waals surface area contributed by atoms with Crippen molar-refractivity contribution in [2.24, 2.45) is 46.3 Å². The van der Waals surface area contributed by atoms with E-state index < -0.39 is 104 Å². The molecule has 0 aromatic rings. The highest BCUT2D eigenvalue weighted by molar-refractivity contribution is 5.66. The van der Waals surface area contributed by atoms with Crippen LogP contribution < -0.4 is 0 Å². The molecule has 0 bridgehead atoms. The van der Waals surface area contributed by atoms with Crippen molar-refractivity contribution in [2.75, 3.05) is 19.8 Å². The van der Waals surface area contributed by atoms with E-state index in [4.69, 9.17) is 42.6 Å². The molecule has 0 radical (unpaired) electrons. The summed E-state index contributed by atoms with van der Waals surface area (Å²) in [5.41, 5.74) is 1.49. The van der Waals surface area contributed by atoms with Crippen LogP contribution in [-0.4, -0.2) is 166 Å². The van der Waals surface area contributed by atoms with Crippen LogP contribution in [0.3, 0.4) is 0 Å². The number of carbonyl (C=O) groups excluding carboxylic acids is 1. The molecule has 8 fully saturated rings. The van der Waals surface area contributed by atoms with Crippen LogP contribution in [0.1, 0.15) is 99.3 Å². The number of aliphatic hydroxyl groups excluding tert-OH is 7. The van der Waals surface area contributed by atoms with Crippen molar-refractivity contribution in [1.29, 1.82) is 0 Å². The molecule has 0 aromatic heterocycles. The lowest BCUT2D eigenvalue weighted by atomic mass is 9.47. The SMILES string of the molecule is CC(=O)O[C@@H]1[C@@H](O[C@@H]2[C@@H](O[C@@H]3CC[C@]4(C)C(=CC[C@@H]5[C@H]6C[C@H]7O[C@@]8(CC[C@H](C)CO8)[C@H](C)[C@H]7[C@]6(C)CC[C@H]54)C3)O[C@@H](CO)[C@H](O[C@H]3OC[C@H](O)[C@@H](O)[C@@H]3O)[C@H]2O)O[C@H](C)[C@@H](O)[C@@H]1O. The molecule has 9 rings (SSSR count). The molecule has 5 saturated heterocycles. The van der Waals surface area contributed by atoms with Crippen LogP contribution in [0, 0.1) is 46.3 Å². The summed E-state index contributed by atoms with van der Waals surface area (Å²) in [6, 6.07) is 0. The highest BCUT2D eigenvalue weighted by atomic mass is 16.8. The third kappa shape index (κ3) is 7.97. The average molecular weight is 897 g/mol. The maximum Gasteiger partial charge on any atom is 0.303 e. The standard InChI is InChI=1S/C46H72O17/c1-20-9-14-46(56-18-20)21(2)32-30(63-46)16-28-26-8-7-24-15-25(10-12-44(24,5)27(26)11-13-45(28,32)6)59-43-40(62-42-39(58-23(4)48)35(52)33(50)22(3)57-42)37(54)38(31(17-47)60-43)61-41-36(53)34(51)29(49)19-55-41/h7,20-22,25-43,47,49-54H,8-19H2,1-6H3/t20-,21+,22+,25+,26-,27+,28+,29-,30+,31-,32+,33+,34+,35-,36-,37+,38-,39-,40-,41+,42+,43-,44+,45+,46-/m0/s1. The van der Waals surface area contributed by atoms with E-state index in [1.807, 2.05) is 0 Å². The summed E-state index contributed by atoms with van der Waals surface area (Å²) >= 11 is 0. The highest BCUT2D eigenvalue weighted by Gasteiger charge is 2.69. The van der Waals surface area contributed by atoms with Gasteiger partial charge in [-0.3, -0.25) is 4.79 Å². The normalized spacial score (nSPS) is 55.6. The van der Waals surface area contributed by atoms with Gasteiger partial charge in [0.25, 0.3) is 0 Å². The van der Waals surface area contributed by atoms with Crippen molar-refractivity contribution >= 4 is 5.97 Å². The van der Waals surface area contributed by atoms with Gasteiger partial charge < -0.3 is 78.4 Å². The zero-order chi connectivity index (χ0) is 44.9.